The van der Waals surface area contributed by atoms with Gasteiger partial charge in [-0.2, -0.15) is 0 Å². The molecule has 0 aliphatic carbocycles. The number of nitrogens with one attached hydrogen (secondary N) is 2. The van der Waals surface area contributed by atoms with Gasteiger partial charge in [-0.3, -0.25) is 9.59 Å². The zero-order valence-electron chi connectivity index (χ0n) is 12.6. The minimum absolute atomic E-state index is 0.368. The Balaban J connectivity index is 1.80. The Morgan fingerprint density at radius 1 is 1.04 bits per heavy atom. The molecule has 2 rings (SSSR count). The van der Waals surface area contributed by atoms with Crippen molar-refractivity contribution in [1.29, 1.82) is 0 Å². The molecule has 0 aliphatic rings. The van der Waals surface area contributed by atoms with Gasteiger partial charge in [0.2, 0.25) is 5.91 Å². The summed E-state index contributed by atoms with van der Waals surface area (Å²) in [6.07, 6.45) is 0. The van der Waals surface area contributed by atoms with E-state index in [9.17, 15) is 22.8 Å². The van der Waals surface area contributed by atoms with Crippen LogP contribution in [0.15, 0.2) is 36.4 Å². The summed E-state index contributed by atoms with van der Waals surface area (Å²) in [5, 5.41) is 4.69. The molecule has 25 heavy (non-hydrogen) atoms. The third kappa shape index (κ3) is 5.39. The predicted molar refractivity (Wildman–Crippen MR) is 84.9 cm³/mol. The molecule has 0 saturated heterocycles. The largest absolute Gasteiger partial charge is 0.484 e. The first-order valence-electron chi connectivity index (χ1n) is 6.95. The Kier molecular flexibility index (Phi) is 6.24. The van der Waals surface area contributed by atoms with Gasteiger partial charge in [0, 0.05) is 5.02 Å². The highest BCUT2D eigenvalue weighted by molar-refractivity contribution is 6.30. The van der Waals surface area contributed by atoms with E-state index < -0.39 is 41.5 Å². The summed E-state index contributed by atoms with van der Waals surface area (Å²) in [5.41, 5.74) is -0.534. The molecule has 0 radical (unpaired) electrons. The van der Waals surface area contributed by atoms with Crippen LogP contribution in [0.3, 0.4) is 0 Å². The molecule has 0 atom stereocenters. The zero-order chi connectivity index (χ0) is 18.4. The summed E-state index contributed by atoms with van der Waals surface area (Å²) in [6, 6.07) is 7.92. The van der Waals surface area contributed by atoms with Crippen LogP contribution in [0.25, 0.3) is 0 Å². The van der Waals surface area contributed by atoms with Crippen LogP contribution in [0, 0.1) is 17.5 Å². The van der Waals surface area contributed by atoms with Crippen LogP contribution in [0.4, 0.5) is 18.9 Å². The van der Waals surface area contributed by atoms with Crippen molar-refractivity contribution in [2.24, 2.45) is 0 Å². The van der Waals surface area contributed by atoms with Gasteiger partial charge >= 0.3 is 0 Å². The predicted octanol–water partition coefficient (Wildman–Crippen LogP) is 2.89. The number of benzene rings is 2. The first kappa shape index (κ1) is 18.6. The molecule has 2 amide bonds. The molecule has 2 aromatic carbocycles. The van der Waals surface area contributed by atoms with Crippen LogP contribution in [-0.2, 0) is 9.59 Å². The maximum absolute atomic E-state index is 13.4. The Labute approximate surface area is 145 Å². The van der Waals surface area contributed by atoms with Crippen molar-refractivity contribution in [3.8, 4) is 5.75 Å². The fourth-order valence-corrected chi connectivity index (χ4v) is 1.93. The number of carbonyl (C=O) groups is 2. The maximum atomic E-state index is 13.4. The standard InChI is InChI=1S/C16H12ClF3N2O3/c17-9-2-1-3-10(6-9)25-8-14(24)21-7-13(23)22-12-5-4-11(18)15(19)16(12)20/h1-6H,7-8H2,(H,21,24)(H,22,23). The summed E-state index contributed by atoms with van der Waals surface area (Å²) < 4.78 is 44.4. The van der Waals surface area contributed by atoms with Crippen LogP contribution in [0.5, 0.6) is 5.75 Å². The SMILES string of the molecule is O=C(COc1cccc(Cl)c1)NCC(=O)Nc1ccc(F)c(F)c1F. The van der Waals surface area contributed by atoms with Crippen LogP contribution in [-0.4, -0.2) is 25.0 Å². The molecule has 2 aromatic rings. The van der Waals surface area contributed by atoms with Crippen molar-refractivity contribution in [2.45, 2.75) is 0 Å². The molecule has 0 saturated carbocycles. The van der Waals surface area contributed by atoms with Crippen molar-refractivity contribution in [3.05, 3.63) is 58.9 Å². The van der Waals surface area contributed by atoms with Gasteiger partial charge in [-0.1, -0.05) is 17.7 Å². The van der Waals surface area contributed by atoms with Gasteiger partial charge in [0.25, 0.3) is 5.91 Å². The summed E-state index contributed by atoms with van der Waals surface area (Å²) in [6.45, 7) is -0.872. The highest BCUT2D eigenvalue weighted by Gasteiger charge is 2.15. The van der Waals surface area contributed by atoms with Crippen molar-refractivity contribution in [1.82, 2.24) is 5.32 Å². The van der Waals surface area contributed by atoms with Crippen LogP contribution >= 0.6 is 11.6 Å². The van der Waals surface area contributed by atoms with E-state index >= 15 is 0 Å². The second kappa shape index (κ2) is 8.39. The average molecular weight is 373 g/mol. The Morgan fingerprint density at radius 2 is 1.80 bits per heavy atom. The Hall–Kier alpha value is -2.74. The van der Waals surface area contributed by atoms with E-state index in [-0.39, 0.29) is 6.61 Å². The van der Waals surface area contributed by atoms with Crippen LogP contribution in [0.1, 0.15) is 0 Å². The van der Waals surface area contributed by atoms with E-state index in [0.29, 0.717) is 16.8 Å². The number of carbonyl (C=O) groups excluding carboxylic acids is 2. The maximum Gasteiger partial charge on any atom is 0.258 e. The van der Waals surface area contributed by atoms with E-state index in [0.717, 1.165) is 6.07 Å². The number of anilines is 1. The second-order valence-corrected chi connectivity index (χ2v) is 5.23. The average Bonchev–Trinajstić information content (AvgIpc) is 2.59. The number of ether oxygens (including phenoxy) is 1. The van der Waals surface area contributed by atoms with Crippen molar-refractivity contribution in [3.63, 3.8) is 0 Å². The molecule has 0 aliphatic heterocycles. The molecule has 2 N–H and O–H groups in total. The topological polar surface area (TPSA) is 67.4 Å². The quantitative estimate of drug-likeness (QED) is 0.766. The summed E-state index contributed by atoms with van der Waals surface area (Å²) in [4.78, 5) is 23.2. The van der Waals surface area contributed by atoms with E-state index in [1.807, 2.05) is 5.32 Å². The van der Waals surface area contributed by atoms with Gasteiger partial charge in [0.05, 0.1) is 12.2 Å². The van der Waals surface area contributed by atoms with Gasteiger partial charge in [0.15, 0.2) is 24.1 Å². The fraction of sp³-hybridized carbons (Fsp3) is 0.125. The lowest BCUT2D eigenvalue weighted by Gasteiger charge is -2.09. The highest BCUT2D eigenvalue weighted by atomic mass is 35.5. The van der Waals surface area contributed by atoms with Gasteiger partial charge in [-0.25, -0.2) is 13.2 Å². The first-order valence-corrected chi connectivity index (χ1v) is 7.33. The van der Waals surface area contributed by atoms with E-state index in [1.54, 1.807) is 18.2 Å². The number of hydrogen-bond acceptors (Lipinski definition) is 3. The minimum atomic E-state index is -1.70. The second-order valence-electron chi connectivity index (χ2n) is 4.79. The van der Waals surface area contributed by atoms with Crippen molar-refractivity contribution < 1.29 is 27.5 Å². The van der Waals surface area contributed by atoms with Crippen molar-refractivity contribution in [2.75, 3.05) is 18.5 Å². The smallest absolute Gasteiger partial charge is 0.258 e. The molecule has 0 fully saturated rings. The monoisotopic (exact) mass is 372 g/mol. The fourth-order valence-electron chi connectivity index (χ4n) is 1.75. The summed E-state index contributed by atoms with van der Waals surface area (Å²) in [7, 11) is 0. The molecule has 5 nitrogen and oxygen atoms in total. The molecule has 0 heterocycles. The third-order valence-electron chi connectivity index (χ3n) is 2.92. The van der Waals surface area contributed by atoms with Crippen LogP contribution < -0.4 is 15.4 Å². The normalized spacial score (nSPS) is 10.2. The number of rotatable bonds is 6. The molecule has 0 aromatic heterocycles. The van der Waals surface area contributed by atoms with Gasteiger partial charge in [0.1, 0.15) is 5.75 Å². The van der Waals surface area contributed by atoms with E-state index in [4.69, 9.17) is 16.3 Å². The molecule has 0 bridgehead atoms. The Bertz CT molecular complexity index is 802. The van der Waals surface area contributed by atoms with Crippen LogP contribution in [0.2, 0.25) is 5.02 Å². The lowest BCUT2D eigenvalue weighted by Crippen LogP contribution is -2.36. The summed E-state index contributed by atoms with van der Waals surface area (Å²) >= 11 is 5.76. The number of hydrogen-bond donors (Lipinski definition) is 2. The van der Waals surface area contributed by atoms with E-state index in [2.05, 4.69) is 5.32 Å². The van der Waals surface area contributed by atoms with E-state index in [1.165, 1.54) is 6.07 Å². The Morgan fingerprint density at radius 3 is 2.52 bits per heavy atom. The molecular weight excluding hydrogens is 361 g/mol. The molecular formula is C16H12ClF3N2O3. The third-order valence-corrected chi connectivity index (χ3v) is 3.16. The van der Waals surface area contributed by atoms with Gasteiger partial charge in [-0.15, -0.1) is 0 Å². The number of amides is 2. The molecule has 132 valence electrons. The minimum Gasteiger partial charge on any atom is -0.484 e. The molecule has 9 heteroatoms. The zero-order valence-corrected chi connectivity index (χ0v) is 13.4. The van der Waals surface area contributed by atoms with Gasteiger partial charge < -0.3 is 15.4 Å². The molecule has 0 unspecified atom stereocenters. The highest BCUT2D eigenvalue weighted by Crippen LogP contribution is 2.19. The lowest BCUT2D eigenvalue weighted by atomic mass is 10.2. The van der Waals surface area contributed by atoms with Crippen molar-refractivity contribution >= 4 is 29.1 Å². The number of halogens is 4. The molecule has 0 spiro atoms. The lowest BCUT2D eigenvalue weighted by molar-refractivity contribution is -0.125. The van der Waals surface area contributed by atoms with Gasteiger partial charge in [-0.05, 0) is 30.3 Å². The first-order chi connectivity index (χ1) is 11.9. The summed E-state index contributed by atoms with van der Waals surface area (Å²) in [5.74, 6) is -5.65.